The molecule has 0 bridgehead atoms. The first-order valence-electron chi connectivity index (χ1n) is 9.59. The van der Waals surface area contributed by atoms with Gasteiger partial charge in [0, 0.05) is 50.9 Å². The molecule has 1 saturated carbocycles. The molecule has 3 rings (SSSR count). The van der Waals surface area contributed by atoms with Gasteiger partial charge in [0.1, 0.15) is 0 Å². The maximum atomic E-state index is 13.0. The number of hydrogen-bond acceptors (Lipinski definition) is 3. The van der Waals surface area contributed by atoms with Crippen LogP contribution in [-0.4, -0.2) is 53.3 Å². The molecule has 0 spiro atoms. The first kappa shape index (κ1) is 17.9. The minimum Gasteiger partial charge on any atom is -0.345 e. The molecule has 2 aliphatic rings. The molecule has 0 aromatic carbocycles. The van der Waals surface area contributed by atoms with Crippen molar-refractivity contribution >= 4 is 11.8 Å². The average molecular weight is 343 g/mol. The molecule has 25 heavy (non-hydrogen) atoms. The van der Waals surface area contributed by atoms with Gasteiger partial charge in [0.25, 0.3) is 0 Å². The summed E-state index contributed by atoms with van der Waals surface area (Å²) in [4.78, 5) is 33.7. The molecule has 1 aliphatic heterocycles. The third-order valence-electron chi connectivity index (χ3n) is 5.68. The molecule has 1 aromatic rings. The highest BCUT2D eigenvalue weighted by Crippen LogP contribution is 2.33. The molecule has 2 heterocycles. The van der Waals surface area contributed by atoms with Crippen LogP contribution in [0.25, 0.3) is 0 Å². The van der Waals surface area contributed by atoms with Gasteiger partial charge in [-0.15, -0.1) is 0 Å². The van der Waals surface area contributed by atoms with Crippen molar-refractivity contribution in [3.8, 4) is 0 Å². The number of likely N-dealkylation sites (N-methyl/N-ethyl adjacent to an activating group) is 1. The lowest BCUT2D eigenvalue weighted by Gasteiger charge is -2.34. The number of rotatable bonds is 5. The highest BCUT2D eigenvalue weighted by atomic mass is 16.2. The van der Waals surface area contributed by atoms with Gasteiger partial charge in [-0.1, -0.05) is 12.8 Å². The van der Waals surface area contributed by atoms with Crippen LogP contribution in [0.1, 0.15) is 44.1 Å². The maximum Gasteiger partial charge on any atom is 0.226 e. The first-order valence-corrected chi connectivity index (χ1v) is 9.59. The van der Waals surface area contributed by atoms with Crippen LogP contribution in [0, 0.1) is 11.8 Å². The summed E-state index contributed by atoms with van der Waals surface area (Å²) >= 11 is 0. The van der Waals surface area contributed by atoms with Crippen molar-refractivity contribution < 1.29 is 9.59 Å². The lowest BCUT2D eigenvalue weighted by molar-refractivity contribution is -0.147. The number of pyridine rings is 1. The summed E-state index contributed by atoms with van der Waals surface area (Å²) in [5, 5.41) is 0. The summed E-state index contributed by atoms with van der Waals surface area (Å²) in [5.74, 6) is 0.122. The summed E-state index contributed by atoms with van der Waals surface area (Å²) < 4.78 is 0. The quantitative estimate of drug-likeness (QED) is 0.825. The number of nitrogens with zero attached hydrogens (tertiary/aromatic N) is 3. The molecule has 1 aromatic heterocycles. The molecule has 0 unspecified atom stereocenters. The molecule has 0 N–H and O–H groups in total. The fourth-order valence-corrected chi connectivity index (χ4v) is 4.13. The molecule has 2 fully saturated rings. The van der Waals surface area contributed by atoms with E-state index in [-0.39, 0.29) is 23.7 Å². The Morgan fingerprint density at radius 2 is 1.72 bits per heavy atom. The van der Waals surface area contributed by atoms with E-state index in [0.717, 1.165) is 58.0 Å². The molecule has 1 aliphatic carbocycles. The van der Waals surface area contributed by atoms with E-state index >= 15 is 0 Å². The van der Waals surface area contributed by atoms with Crippen LogP contribution in [0.2, 0.25) is 0 Å². The summed E-state index contributed by atoms with van der Waals surface area (Å²) in [7, 11) is 1.87. The number of aromatic nitrogens is 1. The van der Waals surface area contributed by atoms with Gasteiger partial charge in [-0.3, -0.25) is 14.6 Å². The van der Waals surface area contributed by atoms with E-state index in [0.29, 0.717) is 6.54 Å². The molecule has 5 nitrogen and oxygen atoms in total. The van der Waals surface area contributed by atoms with Crippen LogP contribution in [-0.2, 0) is 16.0 Å². The van der Waals surface area contributed by atoms with Gasteiger partial charge < -0.3 is 9.80 Å². The second-order valence-corrected chi connectivity index (χ2v) is 7.40. The zero-order chi connectivity index (χ0) is 17.6. The largest absolute Gasteiger partial charge is 0.345 e. The van der Waals surface area contributed by atoms with Crippen molar-refractivity contribution in [2.75, 3.05) is 26.7 Å². The Labute approximate surface area is 150 Å². The topological polar surface area (TPSA) is 53.5 Å². The van der Waals surface area contributed by atoms with Crippen LogP contribution in [0.15, 0.2) is 24.5 Å². The van der Waals surface area contributed by atoms with Gasteiger partial charge in [0.2, 0.25) is 11.8 Å². The molecule has 0 radical (unpaired) electrons. The number of hydrogen-bond donors (Lipinski definition) is 0. The Morgan fingerprint density at radius 1 is 1.08 bits per heavy atom. The minimum absolute atomic E-state index is 0.109. The Hall–Kier alpha value is -1.91. The van der Waals surface area contributed by atoms with E-state index in [2.05, 4.69) is 4.98 Å². The third kappa shape index (κ3) is 4.39. The van der Waals surface area contributed by atoms with Gasteiger partial charge in [-0.25, -0.2) is 0 Å². The van der Waals surface area contributed by atoms with E-state index in [1.165, 1.54) is 5.56 Å². The highest BCUT2D eigenvalue weighted by molar-refractivity contribution is 5.88. The third-order valence-corrected chi connectivity index (χ3v) is 5.68. The number of amides is 2. The fourth-order valence-electron chi connectivity index (χ4n) is 4.13. The molecule has 2 amide bonds. The standard InChI is InChI=1S/C20H29N3O2/c1-22(15-10-16-8-11-21-12-9-16)19(24)17-6-2-3-7-18(17)20(25)23-13-4-5-14-23/h8-9,11-12,17-18H,2-7,10,13-15H2,1H3/t17-,18+/m0/s1. The number of carbonyl (C=O) groups excluding carboxylic acids is 2. The molecular weight excluding hydrogens is 314 g/mol. The Morgan fingerprint density at radius 3 is 2.40 bits per heavy atom. The molecule has 5 heteroatoms. The summed E-state index contributed by atoms with van der Waals surface area (Å²) in [6, 6.07) is 3.97. The van der Waals surface area contributed by atoms with Crippen molar-refractivity contribution in [3.63, 3.8) is 0 Å². The van der Waals surface area contributed by atoms with Crippen LogP contribution in [0.3, 0.4) is 0 Å². The Kier molecular flexibility index (Phi) is 6.05. The number of carbonyl (C=O) groups is 2. The fraction of sp³-hybridized carbons (Fsp3) is 0.650. The Bertz CT molecular complexity index is 584. The van der Waals surface area contributed by atoms with E-state index in [1.54, 1.807) is 12.4 Å². The van der Waals surface area contributed by atoms with Gasteiger partial charge in [0.05, 0.1) is 0 Å². The van der Waals surface area contributed by atoms with E-state index in [4.69, 9.17) is 0 Å². The van der Waals surface area contributed by atoms with E-state index in [9.17, 15) is 9.59 Å². The molecule has 2 atom stereocenters. The predicted molar refractivity (Wildman–Crippen MR) is 96.8 cm³/mol. The van der Waals surface area contributed by atoms with Crippen molar-refractivity contribution in [2.45, 2.75) is 44.9 Å². The van der Waals surface area contributed by atoms with Crippen molar-refractivity contribution in [3.05, 3.63) is 30.1 Å². The predicted octanol–water partition coefficient (Wildman–Crippen LogP) is 2.51. The van der Waals surface area contributed by atoms with Gasteiger partial charge in [-0.05, 0) is 49.8 Å². The first-order chi connectivity index (χ1) is 12.2. The highest BCUT2D eigenvalue weighted by Gasteiger charge is 2.39. The lowest BCUT2D eigenvalue weighted by Crippen LogP contribution is -2.45. The summed E-state index contributed by atoms with van der Waals surface area (Å²) in [5.41, 5.74) is 1.18. The van der Waals surface area contributed by atoms with Crippen LogP contribution < -0.4 is 0 Å². The van der Waals surface area contributed by atoms with Crippen LogP contribution >= 0.6 is 0 Å². The second-order valence-electron chi connectivity index (χ2n) is 7.40. The monoisotopic (exact) mass is 343 g/mol. The normalized spacial score (nSPS) is 23.5. The van der Waals surface area contributed by atoms with E-state index < -0.39 is 0 Å². The van der Waals surface area contributed by atoms with Crippen molar-refractivity contribution in [1.29, 1.82) is 0 Å². The van der Waals surface area contributed by atoms with Crippen molar-refractivity contribution in [1.82, 2.24) is 14.8 Å². The van der Waals surface area contributed by atoms with Crippen molar-refractivity contribution in [2.24, 2.45) is 11.8 Å². The zero-order valence-electron chi connectivity index (χ0n) is 15.2. The lowest BCUT2D eigenvalue weighted by atomic mass is 9.77. The van der Waals surface area contributed by atoms with E-state index in [1.807, 2.05) is 29.0 Å². The molecular formula is C20H29N3O2. The zero-order valence-corrected chi connectivity index (χ0v) is 15.2. The number of likely N-dealkylation sites (tertiary alicyclic amines) is 1. The minimum atomic E-state index is -0.135. The Balaban J connectivity index is 1.60. The summed E-state index contributed by atoms with van der Waals surface area (Å²) in [6.07, 6.45) is 10.4. The van der Waals surface area contributed by atoms with Gasteiger partial charge in [-0.2, -0.15) is 0 Å². The second kappa shape index (κ2) is 8.45. The average Bonchev–Trinajstić information content (AvgIpc) is 3.20. The van der Waals surface area contributed by atoms with Crippen LogP contribution in [0.5, 0.6) is 0 Å². The SMILES string of the molecule is CN(CCc1ccncc1)C(=O)[C@H]1CCCC[C@H]1C(=O)N1CCCC1. The van der Waals surface area contributed by atoms with Gasteiger partial charge in [0.15, 0.2) is 0 Å². The summed E-state index contributed by atoms with van der Waals surface area (Å²) in [6.45, 7) is 2.42. The smallest absolute Gasteiger partial charge is 0.226 e. The van der Waals surface area contributed by atoms with Crippen LogP contribution in [0.4, 0.5) is 0 Å². The molecule has 1 saturated heterocycles. The molecule has 136 valence electrons. The van der Waals surface area contributed by atoms with Gasteiger partial charge >= 0.3 is 0 Å². The maximum absolute atomic E-state index is 13.0.